The zero-order valence-electron chi connectivity index (χ0n) is 9.45. The molecule has 0 unspecified atom stereocenters. The molecule has 1 fully saturated rings. The molecule has 4 nitrogen and oxygen atoms in total. The lowest BCUT2D eigenvalue weighted by Crippen LogP contribution is -2.27. The summed E-state index contributed by atoms with van der Waals surface area (Å²) in [5.74, 6) is 0.606. The van der Waals surface area contributed by atoms with Crippen molar-refractivity contribution in [2.45, 2.75) is 25.7 Å². The minimum absolute atomic E-state index is 0.606. The first-order chi connectivity index (χ1) is 7.84. The molecule has 1 aliphatic rings. The van der Waals surface area contributed by atoms with Crippen molar-refractivity contribution in [3.63, 3.8) is 0 Å². The first-order valence-corrected chi connectivity index (χ1v) is 5.86. The summed E-state index contributed by atoms with van der Waals surface area (Å²) in [6, 6.07) is 2.18. The molecular weight excluding hydrogens is 200 g/mol. The van der Waals surface area contributed by atoms with Crippen molar-refractivity contribution in [1.82, 2.24) is 20.5 Å². The highest BCUT2D eigenvalue weighted by molar-refractivity contribution is 5.74. The normalized spacial score (nSPS) is 18.1. The van der Waals surface area contributed by atoms with Crippen LogP contribution in [0.25, 0.3) is 11.0 Å². The third-order valence-corrected chi connectivity index (χ3v) is 3.38. The molecule has 0 spiro atoms. The van der Waals surface area contributed by atoms with E-state index in [9.17, 15) is 0 Å². The minimum Gasteiger partial charge on any atom is -0.317 e. The van der Waals surface area contributed by atoms with Crippen molar-refractivity contribution in [2.24, 2.45) is 0 Å². The second-order valence-electron chi connectivity index (χ2n) is 4.52. The number of nitrogens with zero attached hydrogens (tertiary/aromatic N) is 2. The largest absolute Gasteiger partial charge is 0.317 e. The lowest BCUT2D eigenvalue weighted by molar-refractivity contribution is 0.452. The lowest BCUT2D eigenvalue weighted by Gasteiger charge is -2.23. The van der Waals surface area contributed by atoms with Gasteiger partial charge in [0.05, 0.1) is 6.20 Å². The summed E-state index contributed by atoms with van der Waals surface area (Å²) in [5.41, 5.74) is 3.46. The number of fused-ring (bicyclic) bond motifs is 1. The Hall–Kier alpha value is -1.42. The number of piperidine rings is 1. The fourth-order valence-electron chi connectivity index (χ4n) is 2.51. The van der Waals surface area contributed by atoms with Gasteiger partial charge >= 0.3 is 0 Å². The molecule has 0 atom stereocenters. The second-order valence-corrected chi connectivity index (χ2v) is 4.52. The van der Waals surface area contributed by atoms with Crippen molar-refractivity contribution < 1.29 is 0 Å². The van der Waals surface area contributed by atoms with Gasteiger partial charge in [0.15, 0.2) is 5.65 Å². The molecule has 2 aromatic rings. The van der Waals surface area contributed by atoms with Crippen LogP contribution in [0.2, 0.25) is 0 Å². The van der Waals surface area contributed by atoms with Gasteiger partial charge in [0.1, 0.15) is 0 Å². The Morgan fingerprint density at radius 2 is 2.12 bits per heavy atom. The summed E-state index contributed by atoms with van der Waals surface area (Å²) in [5, 5.41) is 11.5. The predicted octanol–water partition coefficient (Wildman–Crippen LogP) is 1.73. The summed E-state index contributed by atoms with van der Waals surface area (Å²) in [4.78, 5) is 4.71. The zero-order valence-corrected chi connectivity index (χ0v) is 9.45. The van der Waals surface area contributed by atoms with E-state index in [-0.39, 0.29) is 0 Å². The van der Waals surface area contributed by atoms with E-state index < -0.39 is 0 Å². The van der Waals surface area contributed by atoms with Crippen molar-refractivity contribution in [3.05, 3.63) is 23.5 Å². The molecule has 3 heterocycles. The molecule has 0 bridgehead atoms. The van der Waals surface area contributed by atoms with Gasteiger partial charge in [-0.15, -0.1) is 0 Å². The van der Waals surface area contributed by atoms with Gasteiger partial charge in [0.2, 0.25) is 0 Å². The van der Waals surface area contributed by atoms with Gasteiger partial charge < -0.3 is 5.32 Å². The van der Waals surface area contributed by atoms with E-state index in [0.717, 1.165) is 24.1 Å². The van der Waals surface area contributed by atoms with E-state index in [1.165, 1.54) is 24.1 Å². The monoisotopic (exact) mass is 216 g/mol. The second kappa shape index (κ2) is 3.87. The molecule has 16 heavy (non-hydrogen) atoms. The van der Waals surface area contributed by atoms with Crippen LogP contribution in [0.4, 0.5) is 0 Å². The van der Waals surface area contributed by atoms with Crippen LogP contribution < -0.4 is 5.32 Å². The number of pyridine rings is 1. The molecule has 0 aliphatic carbocycles. The molecule has 0 saturated carbocycles. The van der Waals surface area contributed by atoms with Gasteiger partial charge in [0.25, 0.3) is 0 Å². The predicted molar refractivity (Wildman–Crippen MR) is 63.5 cm³/mol. The fourth-order valence-corrected chi connectivity index (χ4v) is 2.51. The van der Waals surface area contributed by atoms with Crippen LogP contribution in [0, 0.1) is 6.92 Å². The van der Waals surface area contributed by atoms with Crippen molar-refractivity contribution in [1.29, 1.82) is 0 Å². The highest BCUT2D eigenvalue weighted by atomic mass is 15.1. The molecule has 1 saturated heterocycles. The third-order valence-electron chi connectivity index (χ3n) is 3.38. The first-order valence-electron chi connectivity index (χ1n) is 5.86. The molecule has 4 heteroatoms. The molecule has 1 aliphatic heterocycles. The molecule has 3 rings (SSSR count). The number of aromatic nitrogens is 3. The van der Waals surface area contributed by atoms with Gasteiger partial charge in [-0.3, -0.25) is 5.10 Å². The number of hydrogen-bond donors (Lipinski definition) is 2. The third kappa shape index (κ3) is 1.59. The van der Waals surface area contributed by atoms with Crippen LogP contribution in [0.1, 0.15) is 30.0 Å². The number of aromatic amines is 1. The van der Waals surface area contributed by atoms with Crippen molar-refractivity contribution in [3.8, 4) is 0 Å². The average molecular weight is 216 g/mol. The molecule has 2 N–H and O–H groups in total. The Morgan fingerprint density at radius 3 is 2.94 bits per heavy atom. The Labute approximate surface area is 94.5 Å². The van der Waals surface area contributed by atoms with Crippen LogP contribution in [-0.4, -0.2) is 28.3 Å². The lowest BCUT2D eigenvalue weighted by atomic mass is 9.91. The highest BCUT2D eigenvalue weighted by Crippen LogP contribution is 2.27. The van der Waals surface area contributed by atoms with Crippen LogP contribution in [0.5, 0.6) is 0 Å². The number of rotatable bonds is 1. The van der Waals surface area contributed by atoms with Gasteiger partial charge in [-0.1, -0.05) is 0 Å². The summed E-state index contributed by atoms with van der Waals surface area (Å²) in [6.45, 7) is 4.36. The van der Waals surface area contributed by atoms with E-state index in [4.69, 9.17) is 4.98 Å². The molecule has 0 radical (unpaired) electrons. The summed E-state index contributed by atoms with van der Waals surface area (Å²) in [7, 11) is 0. The molecule has 2 aromatic heterocycles. The molecule has 0 amide bonds. The van der Waals surface area contributed by atoms with Gasteiger partial charge in [-0.2, -0.15) is 5.10 Å². The Kier molecular flexibility index (Phi) is 2.36. The number of nitrogens with one attached hydrogen (secondary N) is 2. The maximum atomic E-state index is 4.71. The maximum Gasteiger partial charge on any atom is 0.155 e. The first kappa shape index (κ1) is 9.78. The van der Waals surface area contributed by atoms with Crippen molar-refractivity contribution in [2.75, 3.05) is 13.1 Å². The van der Waals surface area contributed by atoms with E-state index in [0.29, 0.717) is 5.92 Å². The minimum atomic E-state index is 0.606. The summed E-state index contributed by atoms with van der Waals surface area (Å²) in [6.07, 6.45) is 4.21. The summed E-state index contributed by atoms with van der Waals surface area (Å²) >= 11 is 0. The fraction of sp³-hybridized carbons (Fsp3) is 0.500. The van der Waals surface area contributed by atoms with Crippen LogP contribution >= 0.6 is 0 Å². The van der Waals surface area contributed by atoms with Crippen LogP contribution in [0.15, 0.2) is 12.3 Å². The average Bonchev–Trinajstić information content (AvgIpc) is 2.76. The Balaban J connectivity index is 2.03. The van der Waals surface area contributed by atoms with Gasteiger partial charge in [0, 0.05) is 17.0 Å². The summed E-state index contributed by atoms with van der Waals surface area (Å²) < 4.78 is 0. The molecule has 84 valence electrons. The quantitative estimate of drug-likeness (QED) is 0.763. The van der Waals surface area contributed by atoms with E-state index in [1.807, 2.05) is 6.20 Å². The van der Waals surface area contributed by atoms with E-state index in [2.05, 4.69) is 28.5 Å². The number of H-pyrrole nitrogens is 1. The van der Waals surface area contributed by atoms with E-state index in [1.54, 1.807) is 0 Å². The van der Waals surface area contributed by atoms with Crippen LogP contribution in [-0.2, 0) is 0 Å². The topological polar surface area (TPSA) is 53.6 Å². The molecular formula is C12H16N4. The molecule has 0 aromatic carbocycles. The van der Waals surface area contributed by atoms with Crippen LogP contribution in [0.3, 0.4) is 0 Å². The standard InChI is InChI=1S/C12H16N4/c1-8-6-10-7-14-16-12(10)15-11(8)9-2-4-13-5-3-9/h6-7,9,13H,2-5H2,1H3,(H,14,15,16). The van der Waals surface area contributed by atoms with Gasteiger partial charge in [-0.25, -0.2) is 4.98 Å². The number of hydrogen-bond acceptors (Lipinski definition) is 3. The smallest absolute Gasteiger partial charge is 0.155 e. The SMILES string of the molecule is Cc1cc2cn[nH]c2nc1C1CCNCC1. The van der Waals surface area contributed by atoms with Gasteiger partial charge in [-0.05, 0) is 44.5 Å². The zero-order chi connectivity index (χ0) is 11.0. The Morgan fingerprint density at radius 1 is 1.31 bits per heavy atom. The highest BCUT2D eigenvalue weighted by Gasteiger charge is 2.19. The van der Waals surface area contributed by atoms with Crippen molar-refractivity contribution >= 4 is 11.0 Å². The Bertz CT molecular complexity index is 497. The number of aryl methyl sites for hydroxylation is 1. The van der Waals surface area contributed by atoms with E-state index >= 15 is 0 Å². The maximum absolute atomic E-state index is 4.71.